The molecule has 0 fully saturated rings. The maximum absolute atomic E-state index is 13.2. The normalized spacial score (nSPS) is 10.5. The van der Waals surface area contributed by atoms with Crippen molar-refractivity contribution in [2.45, 2.75) is 6.54 Å². The Balaban J connectivity index is 2.02. The largest absolute Gasteiger partial charge is 0.489 e. The minimum atomic E-state index is -1.28. The molecule has 4 nitrogen and oxygen atoms in total. The summed E-state index contributed by atoms with van der Waals surface area (Å²) in [6.07, 6.45) is 3.98. The molecule has 7 heteroatoms. The molecule has 0 unspecified atom stereocenters. The number of aromatic nitrogens is 2. The third-order valence-corrected chi connectivity index (χ3v) is 2.37. The predicted octanol–water partition coefficient (Wildman–Crippen LogP) is 1.74. The Hall–Kier alpha value is -2.31. The van der Waals surface area contributed by atoms with Crippen LogP contribution in [-0.2, 0) is 6.54 Å². The zero-order chi connectivity index (χ0) is 13.8. The van der Waals surface area contributed by atoms with Gasteiger partial charge < -0.3 is 9.30 Å². The molecule has 100 valence electrons. The summed E-state index contributed by atoms with van der Waals surface area (Å²) in [5, 5.41) is 0. The van der Waals surface area contributed by atoms with Crippen LogP contribution in [0.2, 0.25) is 0 Å². The van der Waals surface area contributed by atoms with Gasteiger partial charge >= 0.3 is 0 Å². The molecule has 0 saturated carbocycles. The number of hydrogen-bond donors (Lipinski definition) is 0. The van der Waals surface area contributed by atoms with Gasteiger partial charge in [-0.05, 0) is 0 Å². The number of halogens is 3. The van der Waals surface area contributed by atoms with Gasteiger partial charge in [0.2, 0.25) is 0 Å². The van der Waals surface area contributed by atoms with Gasteiger partial charge in [0, 0.05) is 24.5 Å². The summed E-state index contributed by atoms with van der Waals surface area (Å²) in [5.41, 5.74) is -0.336. The molecule has 0 amide bonds. The smallest absolute Gasteiger partial charge is 0.269 e. The highest BCUT2D eigenvalue weighted by atomic mass is 19.2. The Morgan fingerprint density at radius 3 is 2.63 bits per heavy atom. The molecule has 0 aliphatic carbocycles. The van der Waals surface area contributed by atoms with Crippen LogP contribution in [0.3, 0.4) is 0 Å². The van der Waals surface area contributed by atoms with Gasteiger partial charge in [0.15, 0.2) is 23.2 Å². The molecule has 0 N–H and O–H groups in total. The number of hydrogen-bond acceptors (Lipinski definition) is 3. The van der Waals surface area contributed by atoms with E-state index in [9.17, 15) is 18.0 Å². The van der Waals surface area contributed by atoms with Crippen LogP contribution >= 0.6 is 0 Å². The third kappa shape index (κ3) is 3.12. The molecular weight excluding hydrogens is 261 g/mol. The Morgan fingerprint density at radius 2 is 1.89 bits per heavy atom. The maximum Gasteiger partial charge on any atom is 0.269 e. The van der Waals surface area contributed by atoms with Crippen molar-refractivity contribution in [3.8, 4) is 5.75 Å². The Labute approximate surface area is 106 Å². The first-order valence-corrected chi connectivity index (χ1v) is 5.36. The molecule has 0 saturated heterocycles. The van der Waals surface area contributed by atoms with Gasteiger partial charge in [-0.1, -0.05) is 0 Å². The van der Waals surface area contributed by atoms with Crippen LogP contribution in [0.5, 0.6) is 5.75 Å². The quantitative estimate of drug-likeness (QED) is 0.795. The molecule has 2 aromatic rings. The average molecular weight is 270 g/mol. The maximum atomic E-state index is 13.2. The summed E-state index contributed by atoms with van der Waals surface area (Å²) in [5.74, 6) is -3.88. The van der Waals surface area contributed by atoms with E-state index in [4.69, 9.17) is 4.74 Å². The topological polar surface area (TPSA) is 44.1 Å². The lowest BCUT2D eigenvalue weighted by Gasteiger charge is -2.08. The van der Waals surface area contributed by atoms with E-state index in [1.807, 2.05) is 0 Å². The van der Waals surface area contributed by atoms with Crippen molar-refractivity contribution in [2.75, 3.05) is 6.61 Å². The van der Waals surface area contributed by atoms with E-state index >= 15 is 0 Å². The van der Waals surface area contributed by atoms with Crippen LogP contribution in [-0.4, -0.2) is 16.2 Å². The molecule has 0 atom stereocenters. The second kappa shape index (κ2) is 5.55. The van der Waals surface area contributed by atoms with Crippen molar-refractivity contribution in [1.29, 1.82) is 0 Å². The van der Waals surface area contributed by atoms with Crippen molar-refractivity contribution in [3.63, 3.8) is 0 Å². The molecular formula is C12H9F3N2O2. The van der Waals surface area contributed by atoms with Crippen LogP contribution < -0.4 is 10.3 Å². The van der Waals surface area contributed by atoms with Crippen molar-refractivity contribution >= 4 is 0 Å². The summed E-state index contributed by atoms with van der Waals surface area (Å²) in [6.45, 7) is 0.0751. The number of rotatable bonds is 4. The lowest BCUT2D eigenvalue weighted by Crippen LogP contribution is -2.22. The van der Waals surface area contributed by atoms with Crippen LogP contribution in [0.4, 0.5) is 13.2 Å². The highest BCUT2D eigenvalue weighted by Crippen LogP contribution is 2.20. The molecule has 0 spiro atoms. The number of benzene rings is 1. The van der Waals surface area contributed by atoms with Crippen LogP contribution in [0, 0.1) is 17.5 Å². The van der Waals surface area contributed by atoms with E-state index in [2.05, 4.69) is 4.98 Å². The predicted molar refractivity (Wildman–Crippen MR) is 60.3 cm³/mol. The minimum Gasteiger partial charge on any atom is -0.489 e. The van der Waals surface area contributed by atoms with E-state index in [0.29, 0.717) is 12.1 Å². The molecule has 1 aromatic heterocycles. The van der Waals surface area contributed by atoms with Gasteiger partial charge in [0.25, 0.3) is 5.56 Å². The van der Waals surface area contributed by atoms with E-state index in [0.717, 1.165) is 6.20 Å². The van der Waals surface area contributed by atoms with Crippen molar-refractivity contribution in [2.24, 2.45) is 0 Å². The minimum absolute atomic E-state index is 0.0636. The summed E-state index contributed by atoms with van der Waals surface area (Å²) >= 11 is 0. The van der Waals surface area contributed by atoms with Gasteiger partial charge in [-0.2, -0.15) is 0 Å². The lowest BCUT2D eigenvalue weighted by atomic mass is 10.3. The Bertz CT molecular complexity index is 643. The summed E-state index contributed by atoms with van der Waals surface area (Å²) < 4.78 is 45.1. The van der Waals surface area contributed by atoms with Crippen molar-refractivity contribution < 1.29 is 17.9 Å². The molecule has 0 radical (unpaired) electrons. The molecule has 1 aromatic carbocycles. The highest BCUT2D eigenvalue weighted by Gasteiger charge is 2.10. The fraction of sp³-hybridized carbons (Fsp3) is 0.167. The van der Waals surface area contributed by atoms with E-state index in [-0.39, 0.29) is 18.7 Å². The molecule has 2 rings (SSSR count). The number of ether oxygens (including phenoxy) is 1. The first-order valence-electron chi connectivity index (χ1n) is 5.36. The van der Waals surface area contributed by atoms with Crippen molar-refractivity contribution in [3.05, 3.63) is 58.5 Å². The summed E-state index contributed by atoms with van der Waals surface area (Å²) in [6, 6.07) is 1.03. The third-order valence-electron chi connectivity index (χ3n) is 2.37. The SMILES string of the molecule is O=c1cnccn1CCOc1cc(F)c(F)cc1F. The van der Waals surface area contributed by atoms with Gasteiger partial charge in [-0.3, -0.25) is 9.78 Å². The summed E-state index contributed by atoms with van der Waals surface area (Å²) in [4.78, 5) is 14.9. The van der Waals surface area contributed by atoms with Gasteiger partial charge in [-0.25, -0.2) is 13.2 Å². The standard InChI is InChI=1S/C12H9F3N2O2/c13-8-5-10(15)11(6-9(8)14)19-4-3-17-2-1-16-7-12(17)18/h1-2,5-7H,3-4H2. The average Bonchev–Trinajstić information content (AvgIpc) is 2.38. The second-order valence-corrected chi connectivity index (χ2v) is 3.65. The van der Waals surface area contributed by atoms with Crippen LogP contribution in [0.1, 0.15) is 0 Å². The first kappa shape index (κ1) is 13.1. The van der Waals surface area contributed by atoms with E-state index < -0.39 is 23.2 Å². The van der Waals surface area contributed by atoms with Crippen LogP contribution in [0.15, 0.2) is 35.5 Å². The van der Waals surface area contributed by atoms with Gasteiger partial charge in [-0.15, -0.1) is 0 Å². The monoisotopic (exact) mass is 270 g/mol. The number of nitrogens with zero attached hydrogens (tertiary/aromatic N) is 2. The molecule has 19 heavy (non-hydrogen) atoms. The fourth-order valence-corrected chi connectivity index (χ4v) is 1.43. The zero-order valence-electron chi connectivity index (χ0n) is 9.65. The van der Waals surface area contributed by atoms with E-state index in [1.54, 1.807) is 0 Å². The second-order valence-electron chi connectivity index (χ2n) is 3.65. The lowest BCUT2D eigenvalue weighted by molar-refractivity contribution is 0.279. The Kier molecular flexibility index (Phi) is 3.84. The molecule has 0 aliphatic heterocycles. The summed E-state index contributed by atoms with van der Waals surface area (Å²) in [7, 11) is 0. The molecule has 0 bridgehead atoms. The first-order chi connectivity index (χ1) is 9.08. The van der Waals surface area contributed by atoms with Crippen LogP contribution in [0.25, 0.3) is 0 Å². The van der Waals surface area contributed by atoms with E-state index in [1.165, 1.54) is 17.0 Å². The highest BCUT2D eigenvalue weighted by molar-refractivity contribution is 5.25. The fourth-order valence-electron chi connectivity index (χ4n) is 1.43. The molecule has 0 aliphatic rings. The Morgan fingerprint density at radius 1 is 1.16 bits per heavy atom. The van der Waals surface area contributed by atoms with Crippen molar-refractivity contribution in [1.82, 2.24) is 9.55 Å². The van der Waals surface area contributed by atoms with Gasteiger partial charge in [0.05, 0.1) is 12.7 Å². The van der Waals surface area contributed by atoms with Gasteiger partial charge in [0.1, 0.15) is 6.61 Å². The molecule has 1 heterocycles. The zero-order valence-corrected chi connectivity index (χ0v) is 9.65.